The molecule has 1 unspecified atom stereocenters. The topological polar surface area (TPSA) is 103 Å². The Morgan fingerprint density at radius 2 is 2.17 bits per heavy atom. The fraction of sp³-hybridized carbons (Fsp3) is 0.571. The van der Waals surface area contributed by atoms with E-state index in [1.54, 1.807) is 12.1 Å². The number of nitrogens with one attached hydrogen (secondary N) is 1. The smallest absolute Gasteiger partial charge is 0.354 e. The van der Waals surface area contributed by atoms with E-state index in [0.717, 1.165) is 19.3 Å². The summed E-state index contributed by atoms with van der Waals surface area (Å²) in [4.78, 5) is 14.9. The van der Waals surface area contributed by atoms with Gasteiger partial charge in [0.25, 0.3) is 10.2 Å². The Morgan fingerprint density at radius 1 is 1.43 bits per heavy atom. The first-order valence-electron chi connectivity index (χ1n) is 7.46. The van der Waals surface area contributed by atoms with Crippen LogP contribution in [0.3, 0.4) is 0 Å². The first kappa shape index (κ1) is 17.6. The zero-order valence-electron chi connectivity index (χ0n) is 13.3. The Kier molecular flexibility index (Phi) is 5.55. The van der Waals surface area contributed by atoms with Crippen LogP contribution in [0.1, 0.15) is 29.8 Å². The van der Waals surface area contributed by atoms with Gasteiger partial charge in [-0.15, -0.1) is 0 Å². The number of carbonyl (C=O) groups is 1. The highest BCUT2D eigenvalue weighted by molar-refractivity contribution is 7.86. The van der Waals surface area contributed by atoms with Crippen LogP contribution in [-0.4, -0.2) is 66.3 Å². The number of carboxylic acid groups (broad SMARTS) is 1. The lowest BCUT2D eigenvalue weighted by atomic mass is 10.1. The van der Waals surface area contributed by atoms with E-state index in [4.69, 9.17) is 5.11 Å². The van der Waals surface area contributed by atoms with E-state index in [-0.39, 0.29) is 11.7 Å². The molecule has 8 nitrogen and oxygen atoms in total. The fourth-order valence-corrected chi connectivity index (χ4v) is 3.90. The van der Waals surface area contributed by atoms with Gasteiger partial charge in [-0.3, -0.25) is 0 Å². The lowest BCUT2D eigenvalue weighted by Crippen LogP contribution is -2.51. The molecule has 1 atom stereocenters. The first-order chi connectivity index (χ1) is 10.8. The van der Waals surface area contributed by atoms with Crippen LogP contribution in [0.25, 0.3) is 0 Å². The summed E-state index contributed by atoms with van der Waals surface area (Å²) in [5, 5.41) is 12.0. The van der Waals surface area contributed by atoms with E-state index in [0.29, 0.717) is 18.9 Å². The van der Waals surface area contributed by atoms with Gasteiger partial charge in [-0.1, -0.05) is 12.5 Å². The van der Waals surface area contributed by atoms with Crippen LogP contribution < -0.4 is 5.32 Å². The summed E-state index contributed by atoms with van der Waals surface area (Å²) < 4.78 is 27.5. The van der Waals surface area contributed by atoms with E-state index < -0.39 is 16.2 Å². The van der Waals surface area contributed by atoms with Gasteiger partial charge in [0, 0.05) is 33.2 Å². The van der Waals surface area contributed by atoms with Crippen molar-refractivity contribution in [3.8, 4) is 0 Å². The van der Waals surface area contributed by atoms with Gasteiger partial charge in [0.1, 0.15) is 5.82 Å². The molecule has 2 heterocycles. The Labute approximate surface area is 136 Å². The molecule has 0 aromatic carbocycles. The van der Waals surface area contributed by atoms with Crippen molar-refractivity contribution in [2.45, 2.75) is 25.3 Å². The van der Waals surface area contributed by atoms with Crippen molar-refractivity contribution in [1.29, 1.82) is 0 Å². The van der Waals surface area contributed by atoms with Crippen molar-refractivity contribution in [2.24, 2.45) is 0 Å². The summed E-state index contributed by atoms with van der Waals surface area (Å²) in [7, 11) is -0.423. The molecule has 2 rings (SSSR count). The van der Waals surface area contributed by atoms with Crippen LogP contribution in [0.4, 0.5) is 5.82 Å². The molecule has 23 heavy (non-hydrogen) atoms. The highest BCUT2D eigenvalue weighted by Gasteiger charge is 2.33. The number of hydrogen-bond acceptors (Lipinski definition) is 5. The predicted molar refractivity (Wildman–Crippen MR) is 86.6 cm³/mol. The Hall–Kier alpha value is -1.71. The number of hydrogen-bond donors (Lipinski definition) is 2. The number of aromatic nitrogens is 1. The molecule has 1 aliphatic heterocycles. The maximum atomic E-state index is 12.4. The number of piperidine rings is 1. The van der Waals surface area contributed by atoms with E-state index >= 15 is 0 Å². The Bertz CT molecular complexity index is 662. The third-order valence-electron chi connectivity index (χ3n) is 3.82. The van der Waals surface area contributed by atoms with Gasteiger partial charge in [0.05, 0.1) is 0 Å². The standard InChI is InChI=1S/C14H22N4O4S/c1-17(2)23(21,22)18-9-4-3-6-11(18)10-15-13-8-5-7-12(16-13)14(19)20/h5,7-8,11H,3-4,6,9-10H2,1-2H3,(H,15,16)(H,19,20). The average Bonchev–Trinajstić information content (AvgIpc) is 2.53. The largest absolute Gasteiger partial charge is 0.477 e. The molecular weight excluding hydrogens is 320 g/mol. The van der Waals surface area contributed by atoms with E-state index in [1.165, 1.54) is 28.8 Å². The Morgan fingerprint density at radius 3 is 2.83 bits per heavy atom. The normalized spacial score (nSPS) is 19.7. The molecule has 1 aromatic rings. The monoisotopic (exact) mass is 342 g/mol. The number of aromatic carboxylic acids is 1. The molecule has 128 valence electrons. The van der Waals surface area contributed by atoms with Gasteiger partial charge in [-0.05, 0) is 25.0 Å². The lowest BCUT2D eigenvalue weighted by molar-refractivity contribution is 0.0690. The first-order valence-corrected chi connectivity index (χ1v) is 8.85. The number of carboxylic acids is 1. The molecule has 0 radical (unpaired) electrons. The zero-order valence-corrected chi connectivity index (χ0v) is 14.1. The van der Waals surface area contributed by atoms with Gasteiger partial charge >= 0.3 is 5.97 Å². The maximum Gasteiger partial charge on any atom is 0.354 e. The van der Waals surface area contributed by atoms with Crippen LogP contribution in [0, 0.1) is 0 Å². The van der Waals surface area contributed by atoms with Crippen molar-refractivity contribution in [3.63, 3.8) is 0 Å². The SMILES string of the molecule is CN(C)S(=O)(=O)N1CCCCC1CNc1cccc(C(=O)O)n1. The maximum absolute atomic E-state index is 12.4. The highest BCUT2D eigenvalue weighted by atomic mass is 32.2. The minimum Gasteiger partial charge on any atom is -0.477 e. The van der Waals surface area contributed by atoms with E-state index in [2.05, 4.69) is 10.3 Å². The molecule has 1 aliphatic rings. The second-order valence-electron chi connectivity index (χ2n) is 5.64. The third-order valence-corrected chi connectivity index (χ3v) is 5.81. The second kappa shape index (κ2) is 7.24. The van der Waals surface area contributed by atoms with Crippen molar-refractivity contribution >= 4 is 22.0 Å². The number of rotatable bonds is 6. The predicted octanol–water partition coefficient (Wildman–Crippen LogP) is 0.853. The summed E-state index contributed by atoms with van der Waals surface area (Å²) in [6, 6.07) is 4.51. The summed E-state index contributed by atoms with van der Waals surface area (Å²) in [5.74, 6) is -0.666. The van der Waals surface area contributed by atoms with Gasteiger partial charge in [0.2, 0.25) is 0 Å². The number of nitrogens with zero attached hydrogens (tertiary/aromatic N) is 3. The summed E-state index contributed by atoms with van der Waals surface area (Å²) in [6.45, 7) is 0.887. The summed E-state index contributed by atoms with van der Waals surface area (Å²) in [5.41, 5.74) is -0.0450. The second-order valence-corrected chi connectivity index (χ2v) is 7.74. The molecule has 0 saturated carbocycles. The minimum absolute atomic E-state index is 0.0450. The van der Waals surface area contributed by atoms with Gasteiger partial charge in [-0.2, -0.15) is 17.0 Å². The van der Waals surface area contributed by atoms with Crippen molar-refractivity contribution < 1.29 is 18.3 Å². The van der Waals surface area contributed by atoms with E-state index in [9.17, 15) is 13.2 Å². The van der Waals surface area contributed by atoms with Crippen LogP contribution in [-0.2, 0) is 10.2 Å². The minimum atomic E-state index is -3.46. The molecule has 0 amide bonds. The van der Waals surface area contributed by atoms with Crippen LogP contribution in [0.15, 0.2) is 18.2 Å². The molecule has 0 aliphatic carbocycles. The van der Waals surface area contributed by atoms with Gasteiger partial charge in [-0.25, -0.2) is 9.78 Å². The van der Waals surface area contributed by atoms with Gasteiger partial charge in [0.15, 0.2) is 5.69 Å². The molecule has 0 spiro atoms. The fourth-order valence-electron chi connectivity index (χ4n) is 2.57. The molecule has 2 N–H and O–H groups in total. The Balaban J connectivity index is 2.08. The molecular formula is C14H22N4O4S. The number of anilines is 1. The molecule has 1 saturated heterocycles. The average molecular weight is 342 g/mol. The quantitative estimate of drug-likeness (QED) is 0.794. The summed E-state index contributed by atoms with van der Waals surface area (Å²) >= 11 is 0. The van der Waals surface area contributed by atoms with Crippen molar-refractivity contribution in [2.75, 3.05) is 32.5 Å². The summed E-state index contributed by atoms with van der Waals surface area (Å²) in [6.07, 6.45) is 2.57. The third kappa shape index (κ3) is 4.18. The zero-order chi connectivity index (χ0) is 17.0. The van der Waals surface area contributed by atoms with E-state index in [1.807, 2.05) is 0 Å². The molecule has 9 heteroatoms. The molecule has 0 bridgehead atoms. The lowest BCUT2D eigenvalue weighted by Gasteiger charge is -2.36. The van der Waals surface area contributed by atoms with Crippen LogP contribution in [0.5, 0.6) is 0 Å². The number of pyridine rings is 1. The van der Waals surface area contributed by atoms with Crippen LogP contribution >= 0.6 is 0 Å². The van der Waals surface area contributed by atoms with Crippen molar-refractivity contribution in [3.05, 3.63) is 23.9 Å². The van der Waals surface area contributed by atoms with Crippen molar-refractivity contribution in [1.82, 2.24) is 13.6 Å². The van der Waals surface area contributed by atoms with Gasteiger partial charge < -0.3 is 10.4 Å². The van der Waals surface area contributed by atoms with Crippen LogP contribution in [0.2, 0.25) is 0 Å². The molecule has 1 fully saturated rings. The highest BCUT2D eigenvalue weighted by Crippen LogP contribution is 2.22. The molecule has 1 aromatic heterocycles.